The molecule has 2 rings (SSSR count). The van der Waals surface area contributed by atoms with Gasteiger partial charge in [-0.25, -0.2) is 0 Å². The van der Waals surface area contributed by atoms with Crippen LogP contribution in [0.3, 0.4) is 0 Å². The van der Waals surface area contributed by atoms with Gasteiger partial charge >= 0.3 is 0 Å². The van der Waals surface area contributed by atoms with E-state index in [1.165, 1.54) is 12.8 Å². The van der Waals surface area contributed by atoms with E-state index in [0.717, 1.165) is 25.2 Å². The molecule has 80 valence electrons. The quantitative estimate of drug-likeness (QED) is 0.658. The van der Waals surface area contributed by atoms with Crippen molar-refractivity contribution in [1.29, 1.82) is 0 Å². The van der Waals surface area contributed by atoms with Gasteiger partial charge < -0.3 is 0 Å². The van der Waals surface area contributed by atoms with E-state index in [0.29, 0.717) is 23.0 Å². The Hall–Kier alpha value is -0.330. The molecule has 2 aliphatic carbocycles. The highest BCUT2D eigenvalue weighted by Gasteiger charge is 2.51. The summed E-state index contributed by atoms with van der Waals surface area (Å²) in [5.74, 6) is 2.17. The maximum absolute atomic E-state index is 12.1. The van der Waals surface area contributed by atoms with Crippen LogP contribution < -0.4 is 0 Å². The summed E-state index contributed by atoms with van der Waals surface area (Å²) in [6, 6.07) is 0. The van der Waals surface area contributed by atoms with Crippen LogP contribution in [0.25, 0.3) is 0 Å². The Kier molecular flexibility index (Phi) is 2.45. The fourth-order valence-electron chi connectivity index (χ4n) is 2.93. The monoisotopic (exact) mass is 194 g/mol. The van der Waals surface area contributed by atoms with Gasteiger partial charge in [0.2, 0.25) is 0 Å². The highest BCUT2D eigenvalue weighted by atomic mass is 16.1. The highest BCUT2D eigenvalue weighted by Crippen LogP contribution is 2.54. The van der Waals surface area contributed by atoms with Crippen molar-refractivity contribution in [3.05, 3.63) is 0 Å². The molecule has 0 aromatic carbocycles. The second-order valence-corrected chi connectivity index (χ2v) is 6.12. The summed E-state index contributed by atoms with van der Waals surface area (Å²) in [6.07, 6.45) is 6.06. The molecular weight excluding hydrogens is 172 g/mol. The predicted molar refractivity (Wildman–Crippen MR) is 58.0 cm³/mol. The molecule has 0 bridgehead atoms. The molecule has 3 unspecified atom stereocenters. The SMILES string of the molecule is CC1CCCC(C(=O)C2CC2(C)C)C1. The van der Waals surface area contributed by atoms with E-state index in [9.17, 15) is 4.79 Å². The van der Waals surface area contributed by atoms with Crippen LogP contribution in [0.15, 0.2) is 0 Å². The van der Waals surface area contributed by atoms with E-state index in [4.69, 9.17) is 0 Å². The van der Waals surface area contributed by atoms with Gasteiger partial charge in [-0.15, -0.1) is 0 Å². The minimum atomic E-state index is 0.331. The molecule has 0 heterocycles. The summed E-state index contributed by atoms with van der Waals surface area (Å²) in [4.78, 5) is 12.1. The number of rotatable bonds is 2. The third-order valence-corrected chi connectivity index (χ3v) is 4.20. The Labute approximate surface area is 87.3 Å². The standard InChI is InChI=1S/C13H22O/c1-9-5-4-6-10(7-9)12(14)11-8-13(11,2)3/h9-11H,4-8H2,1-3H3. The first-order valence-electron chi connectivity index (χ1n) is 6.04. The minimum Gasteiger partial charge on any atom is -0.299 e. The highest BCUT2D eigenvalue weighted by molar-refractivity contribution is 5.86. The zero-order chi connectivity index (χ0) is 10.3. The number of carbonyl (C=O) groups excluding carboxylic acids is 1. The zero-order valence-electron chi connectivity index (χ0n) is 9.68. The topological polar surface area (TPSA) is 17.1 Å². The Morgan fingerprint density at radius 1 is 1.29 bits per heavy atom. The summed E-state index contributed by atoms with van der Waals surface area (Å²) in [5, 5.41) is 0. The Morgan fingerprint density at radius 2 is 1.93 bits per heavy atom. The number of carbonyl (C=O) groups is 1. The summed E-state index contributed by atoms with van der Waals surface area (Å²) in [6.45, 7) is 6.74. The first kappa shape index (κ1) is 10.2. The summed E-state index contributed by atoms with van der Waals surface area (Å²) < 4.78 is 0. The summed E-state index contributed by atoms with van der Waals surface area (Å²) in [5.41, 5.74) is 0.331. The molecular formula is C13H22O. The maximum atomic E-state index is 12.1. The van der Waals surface area contributed by atoms with Crippen LogP contribution in [0.4, 0.5) is 0 Å². The first-order valence-corrected chi connectivity index (χ1v) is 6.04. The molecule has 2 aliphatic rings. The van der Waals surface area contributed by atoms with Crippen LogP contribution in [0.5, 0.6) is 0 Å². The number of Topliss-reactive ketones (excluding diaryl/α,β-unsaturated/α-hetero) is 1. The lowest BCUT2D eigenvalue weighted by Gasteiger charge is -2.26. The lowest BCUT2D eigenvalue weighted by Crippen LogP contribution is -2.24. The van der Waals surface area contributed by atoms with Gasteiger partial charge in [0.25, 0.3) is 0 Å². The first-order chi connectivity index (χ1) is 6.50. The predicted octanol–water partition coefficient (Wildman–Crippen LogP) is 3.43. The third-order valence-electron chi connectivity index (χ3n) is 4.20. The number of ketones is 1. The molecule has 3 atom stereocenters. The zero-order valence-corrected chi connectivity index (χ0v) is 9.68. The fraction of sp³-hybridized carbons (Fsp3) is 0.923. The van der Waals surface area contributed by atoms with Gasteiger partial charge in [-0.1, -0.05) is 33.6 Å². The van der Waals surface area contributed by atoms with Crippen molar-refractivity contribution in [2.75, 3.05) is 0 Å². The van der Waals surface area contributed by atoms with E-state index in [1.807, 2.05) is 0 Å². The van der Waals surface area contributed by atoms with Gasteiger partial charge in [0.1, 0.15) is 5.78 Å². The fourth-order valence-corrected chi connectivity index (χ4v) is 2.93. The van der Waals surface area contributed by atoms with Crippen molar-refractivity contribution in [3.63, 3.8) is 0 Å². The van der Waals surface area contributed by atoms with Gasteiger partial charge in [-0.3, -0.25) is 4.79 Å². The van der Waals surface area contributed by atoms with Crippen molar-refractivity contribution >= 4 is 5.78 Å². The molecule has 0 radical (unpaired) electrons. The van der Waals surface area contributed by atoms with E-state index in [-0.39, 0.29) is 0 Å². The summed E-state index contributed by atoms with van der Waals surface area (Å²) >= 11 is 0. The van der Waals surface area contributed by atoms with Crippen molar-refractivity contribution in [3.8, 4) is 0 Å². The van der Waals surface area contributed by atoms with Gasteiger partial charge in [0.15, 0.2) is 0 Å². The molecule has 14 heavy (non-hydrogen) atoms. The molecule has 0 aromatic rings. The van der Waals surface area contributed by atoms with Crippen LogP contribution >= 0.6 is 0 Å². The maximum Gasteiger partial charge on any atom is 0.139 e. The normalized spacial score (nSPS) is 40.6. The molecule has 0 N–H and O–H groups in total. The second-order valence-electron chi connectivity index (χ2n) is 6.12. The summed E-state index contributed by atoms with van der Waals surface area (Å²) in [7, 11) is 0. The largest absolute Gasteiger partial charge is 0.299 e. The second kappa shape index (κ2) is 3.36. The third kappa shape index (κ3) is 1.87. The molecule has 0 spiro atoms. The van der Waals surface area contributed by atoms with Crippen molar-refractivity contribution in [2.45, 2.75) is 52.9 Å². The van der Waals surface area contributed by atoms with Gasteiger partial charge in [-0.05, 0) is 30.6 Å². The number of hydrogen-bond acceptors (Lipinski definition) is 1. The van der Waals surface area contributed by atoms with Crippen molar-refractivity contribution < 1.29 is 4.79 Å². The van der Waals surface area contributed by atoms with Crippen LogP contribution in [0.2, 0.25) is 0 Å². The van der Waals surface area contributed by atoms with Crippen LogP contribution in [0.1, 0.15) is 52.9 Å². The molecule has 0 saturated heterocycles. The van der Waals surface area contributed by atoms with Crippen molar-refractivity contribution in [2.24, 2.45) is 23.2 Å². The molecule has 0 aromatic heterocycles. The van der Waals surface area contributed by atoms with E-state index in [1.54, 1.807) is 0 Å². The van der Waals surface area contributed by atoms with Crippen LogP contribution in [0, 0.1) is 23.2 Å². The van der Waals surface area contributed by atoms with Crippen molar-refractivity contribution in [1.82, 2.24) is 0 Å². The Bertz CT molecular complexity index is 242. The lowest BCUT2D eigenvalue weighted by atomic mass is 9.78. The minimum absolute atomic E-state index is 0.331. The average molecular weight is 194 g/mol. The molecule has 1 heteroatoms. The average Bonchev–Trinajstić information content (AvgIpc) is 2.74. The molecule has 0 aliphatic heterocycles. The molecule has 2 saturated carbocycles. The van der Waals surface area contributed by atoms with Crippen LogP contribution in [-0.4, -0.2) is 5.78 Å². The Balaban J connectivity index is 1.92. The molecule has 1 nitrogen and oxygen atoms in total. The van der Waals surface area contributed by atoms with E-state index in [2.05, 4.69) is 20.8 Å². The van der Waals surface area contributed by atoms with Gasteiger partial charge in [0.05, 0.1) is 0 Å². The number of hydrogen-bond donors (Lipinski definition) is 0. The van der Waals surface area contributed by atoms with E-state index >= 15 is 0 Å². The van der Waals surface area contributed by atoms with E-state index < -0.39 is 0 Å². The smallest absolute Gasteiger partial charge is 0.139 e. The molecule has 2 fully saturated rings. The lowest BCUT2D eigenvalue weighted by molar-refractivity contribution is -0.126. The van der Waals surface area contributed by atoms with Crippen LogP contribution in [-0.2, 0) is 4.79 Å². The van der Waals surface area contributed by atoms with Gasteiger partial charge in [0, 0.05) is 11.8 Å². The van der Waals surface area contributed by atoms with Gasteiger partial charge in [-0.2, -0.15) is 0 Å². The molecule has 0 amide bonds. The Morgan fingerprint density at radius 3 is 2.43 bits per heavy atom.